The molecule has 0 bridgehead atoms. The lowest BCUT2D eigenvalue weighted by atomic mass is 10.1. The molecule has 0 amide bonds. The summed E-state index contributed by atoms with van der Waals surface area (Å²) < 4.78 is 13.7. The average molecular weight is 243 g/mol. The second kappa shape index (κ2) is 5.10. The Morgan fingerprint density at radius 2 is 2.19 bits per heavy atom. The average Bonchev–Trinajstić information content (AvgIpc) is 2.48. The normalized spacial score (nSPS) is 14.4. The number of nitrogens with zero attached hydrogens (tertiary/aromatic N) is 2. The zero-order valence-electron chi connectivity index (χ0n) is 10.4. The van der Waals surface area contributed by atoms with Gasteiger partial charge in [0.05, 0.1) is 11.4 Å². The molecule has 5 heteroatoms. The maximum absolute atomic E-state index is 11.8. The van der Waals surface area contributed by atoms with E-state index in [0.29, 0.717) is 17.5 Å². The van der Waals surface area contributed by atoms with Gasteiger partial charge in [-0.25, -0.2) is 0 Å². The molecule has 0 fully saturated rings. The molecule has 0 saturated heterocycles. The topological polar surface area (TPSA) is 60.9 Å². The number of aromatic nitrogens is 2. The molecule has 1 heterocycles. The minimum absolute atomic E-state index is 0.341. The van der Waals surface area contributed by atoms with Crippen LogP contribution < -0.4 is 5.73 Å². The lowest BCUT2D eigenvalue weighted by molar-refractivity contribution is 0.528. The third-order valence-electron chi connectivity index (χ3n) is 2.03. The third kappa shape index (κ3) is 4.45. The van der Waals surface area contributed by atoms with E-state index in [1.165, 1.54) is 0 Å². The summed E-state index contributed by atoms with van der Waals surface area (Å²) in [5, 5.41) is 4.36. The largest absolute Gasteiger partial charge is 0.325 e. The molecule has 1 aromatic heterocycles. The van der Waals surface area contributed by atoms with Crippen molar-refractivity contribution < 1.29 is 4.21 Å². The van der Waals surface area contributed by atoms with Crippen LogP contribution in [0.1, 0.15) is 39.4 Å². The van der Waals surface area contributed by atoms with E-state index in [-0.39, 0.29) is 5.54 Å². The Morgan fingerprint density at radius 1 is 1.56 bits per heavy atom. The maximum atomic E-state index is 11.8. The molecular weight excluding hydrogens is 222 g/mol. The molecule has 1 atom stereocenters. The molecule has 1 aromatic rings. The standard InChI is InChI=1S/C11H21N3OS/c1-9(2)14-6-5-10(13-14)7-16(15)8-11(3,4)12/h5-6,9H,7-8,12H2,1-4H3. The van der Waals surface area contributed by atoms with Gasteiger partial charge in [-0.1, -0.05) is 0 Å². The van der Waals surface area contributed by atoms with Crippen LogP contribution in [0.15, 0.2) is 12.3 Å². The molecule has 0 spiro atoms. The summed E-state index contributed by atoms with van der Waals surface area (Å²) in [7, 11) is -0.941. The van der Waals surface area contributed by atoms with Crippen LogP contribution in [0.25, 0.3) is 0 Å². The first-order chi connectivity index (χ1) is 7.28. The van der Waals surface area contributed by atoms with E-state index in [9.17, 15) is 4.21 Å². The smallest absolute Gasteiger partial charge is 0.0749 e. The van der Waals surface area contributed by atoms with Crippen molar-refractivity contribution >= 4 is 10.8 Å². The second-order valence-corrected chi connectivity index (χ2v) is 6.55. The highest BCUT2D eigenvalue weighted by Gasteiger charge is 2.16. The molecule has 2 N–H and O–H groups in total. The molecule has 0 aliphatic heterocycles. The van der Waals surface area contributed by atoms with E-state index in [4.69, 9.17) is 5.73 Å². The molecular formula is C11H21N3OS. The lowest BCUT2D eigenvalue weighted by Gasteiger charge is -2.16. The predicted octanol–water partition coefficient (Wildman–Crippen LogP) is 1.45. The van der Waals surface area contributed by atoms with Crippen LogP contribution in [0.2, 0.25) is 0 Å². The Labute approximate surface area is 99.7 Å². The number of hydrogen-bond donors (Lipinski definition) is 1. The Kier molecular flexibility index (Phi) is 4.27. The third-order valence-corrected chi connectivity index (χ3v) is 3.72. The van der Waals surface area contributed by atoms with Crippen molar-refractivity contribution in [1.29, 1.82) is 0 Å². The van der Waals surface area contributed by atoms with E-state index >= 15 is 0 Å². The predicted molar refractivity (Wildman–Crippen MR) is 67.6 cm³/mol. The first kappa shape index (κ1) is 13.4. The zero-order chi connectivity index (χ0) is 12.3. The van der Waals surface area contributed by atoms with Crippen molar-refractivity contribution in [2.24, 2.45) is 5.73 Å². The van der Waals surface area contributed by atoms with Crippen molar-refractivity contribution in [2.45, 2.75) is 45.0 Å². The molecule has 4 nitrogen and oxygen atoms in total. The Hall–Kier alpha value is -0.680. The van der Waals surface area contributed by atoms with E-state index in [2.05, 4.69) is 18.9 Å². The molecule has 16 heavy (non-hydrogen) atoms. The molecule has 1 rings (SSSR count). The Balaban J connectivity index is 2.57. The molecule has 0 radical (unpaired) electrons. The van der Waals surface area contributed by atoms with E-state index < -0.39 is 10.8 Å². The van der Waals surface area contributed by atoms with Crippen LogP contribution in [0.4, 0.5) is 0 Å². The van der Waals surface area contributed by atoms with Crippen LogP contribution in [0, 0.1) is 0 Å². The van der Waals surface area contributed by atoms with Crippen molar-refractivity contribution in [3.05, 3.63) is 18.0 Å². The molecule has 1 unspecified atom stereocenters. The van der Waals surface area contributed by atoms with Crippen molar-refractivity contribution in [3.63, 3.8) is 0 Å². The van der Waals surface area contributed by atoms with Crippen LogP contribution in [0.3, 0.4) is 0 Å². The minimum atomic E-state index is -0.941. The van der Waals surface area contributed by atoms with Gasteiger partial charge < -0.3 is 5.73 Å². The molecule has 0 aliphatic rings. The fraction of sp³-hybridized carbons (Fsp3) is 0.727. The van der Waals surface area contributed by atoms with E-state index in [0.717, 1.165) is 5.69 Å². The van der Waals surface area contributed by atoms with Crippen molar-refractivity contribution in [3.8, 4) is 0 Å². The second-order valence-electron chi connectivity index (χ2n) is 5.10. The summed E-state index contributed by atoms with van der Waals surface area (Å²) in [6.45, 7) is 7.91. The van der Waals surface area contributed by atoms with Gasteiger partial charge in [0.25, 0.3) is 0 Å². The molecule has 0 aromatic carbocycles. The van der Waals surface area contributed by atoms with Crippen LogP contribution in [-0.2, 0) is 16.6 Å². The van der Waals surface area contributed by atoms with Gasteiger partial charge in [0, 0.05) is 34.3 Å². The molecule has 92 valence electrons. The molecule has 0 aliphatic carbocycles. The summed E-state index contributed by atoms with van der Waals surface area (Å²) >= 11 is 0. The Morgan fingerprint density at radius 3 is 2.62 bits per heavy atom. The lowest BCUT2D eigenvalue weighted by Crippen LogP contribution is -2.38. The van der Waals surface area contributed by atoms with E-state index in [1.807, 2.05) is 30.8 Å². The summed E-state index contributed by atoms with van der Waals surface area (Å²) in [4.78, 5) is 0. The monoisotopic (exact) mass is 243 g/mol. The van der Waals surface area contributed by atoms with Crippen molar-refractivity contribution in [2.75, 3.05) is 5.75 Å². The van der Waals surface area contributed by atoms with Gasteiger partial charge >= 0.3 is 0 Å². The first-order valence-electron chi connectivity index (χ1n) is 5.46. The van der Waals surface area contributed by atoms with Crippen LogP contribution in [0.5, 0.6) is 0 Å². The fourth-order valence-corrected chi connectivity index (χ4v) is 2.79. The van der Waals surface area contributed by atoms with Gasteiger partial charge in [-0.15, -0.1) is 0 Å². The van der Waals surface area contributed by atoms with Crippen LogP contribution in [-0.4, -0.2) is 25.3 Å². The highest BCUT2D eigenvalue weighted by atomic mass is 32.2. The van der Waals surface area contributed by atoms with Gasteiger partial charge in [-0.05, 0) is 33.8 Å². The van der Waals surface area contributed by atoms with Crippen LogP contribution >= 0.6 is 0 Å². The number of nitrogens with two attached hydrogens (primary N) is 1. The summed E-state index contributed by atoms with van der Waals surface area (Å²) in [6.07, 6.45) is 1.92. The highest BCUT2D eigenvalue weighted by molar-refractivity contribution is 7.84. The fourth-order valence-electron chi connectivity index (χ4n) is 1.37. The van der Waals surface area contributed by atoms with Gasteiger partial charge in [0.1, 0.15) is 0 Å². The number of hydrogen-bond acceptors (Lipinski definition) is 3. The van der Waals surface area contributed by atoms with Gasteiger partial charge in [-0.3, -0.25) is 8.89 Å². The van der Waals surface area contributed by atoms with Crippen molar-refractivity contribution in [1.82, 2.24) is 9.78 Å². The number of rotatable bonds is 5. The van der Waals surface area contributed by atoms with Gasteiger partial charge in [0.15, 0.2) is 0 Å². The van der Waals surface area contributed by atoms with Gasteiger partial charge in [0.2, 0.25) is 0 Å². The summed E-state index contributed by atoms with van der Waals surface area (Å²) in [5.41, 5.74) is 6.31. The van der Waals surface area contributed by atoms with Gasteiger partial charge in [-0.2, -0.15) is 5.10 Å². The maximum Gasteiger partial charge on any atom is 0.0749 e. The summed E-state index contributed by atoms with van der Waals surface area (Å²) in [6, 6.07) is 2.26. The van der Waals surface area contributed by atoms with E-state index in [1.54, 1.807) is 0 Å². The minimum Gasteiger partial charge on any atom is -0.325 e. The first-order valence-corrected chi connectivity index (χ1v) is 6.94. The zero-order valence-corrected chi connectivity index (χ0v) is 11.3. The highest BCUT2D eigenvalue weighted by Crippen LogP contribution is 2.08. The summed E-state index contributed by atoms with van der Waals surface area (Å²) in [5.74, 6) is 0.988. The molecule has 0 saturated carbocycles. The SMILES string of the molecule is CC(C)n1ccc(CS(=O)CC(C)(C)N)n1. The Bertz CT molecular complexity index is 366. The quantitative estimate of drug-likeness (QED) is 0.851.